The smallest absolute Gasteiger partial charge is 0.167 e. The third kappa shape index (κ3) is 0.717. The Balaban J connectivity index is 2.02. The Kier molecular flexibility index (Phi) is 1.13. The van der Waals surface area contributed by atoms with Crippen molar-refractivity contribution in [1.29, 1.82) is 0 Å². The number of hydrogen-bond acceptors (Lipinski definition) is 2. The molecule has 4 saturated carbocycles. The van der Waals surface area contributed by atoms with E-state index in [9.17, 15) is 9.90 Å². The summed E-state index contributed by atoms with van der Waals surface area (Å²) in [7, 11) is 0. The molecule has 0 aromatic carbocycles. The molecular formula is C10H14O2. The van der Waals surface area contributed by atoms with E-state index in [2.05, 4.69) is 0 Å². The van der Waals surface area contributed by atoms with Crippen LogP contribution in [0.25, 0.3) is 0 Å². The van der Waals surface area contributed by atoms with E-state index in [0.717, 1.165) is 25.7 Å². The van der Waals surface area contributed by atoms with E-state index in [0.29, 0.717) is 11.8 Å². The molecule has 0 amide bonds. The summed E-state index contributed by atoms with van der Waals surface area (Å²) in [5.41, 5.74) is -0.880. The van der Waals surface area contributed by atoms with Crippen LogP contribution in [-0.4, -0.2) is 16.5 Å². The van der Waals surface area contributed by atoms with Gasteiger partial charge < -0.3 is 5.11 Å². The van der Waals surface area contributed by atoms with Crippen molar-refractivity contribution in [2.24, 2.45) is 17.8 Å². The zero-order valence-electron chi connectivity index (χ0n) is 7.12. The zero-order chi connectivity index (χ0) is 8.34. The largest absolute Gasteiger partial charge is 0.382 e. The number of carbonyl (C=O) groups excluding carboxylic acids is 1. The van der Waals surface area contributed by atoms with E-state index in [4.69, 9.17) is 0 Å². The van der Waals surface area contributed by atoms with Gasteiger partial charge in [0.25, 0.3) is 0 Å². The number of rotatable bonds is 0. The summed E-state index contributed by atoms with van der Waals surface area (Å²) in [5, 5.41) is 10.0. The molecule has 0 aliphatic heterocycles. The molecule has 4 aliphatic rings. The maximum atomic E-state index is 11.6. The fraction of sp³-hybridized carbons (Fsp3) is 0.900. The van der Waals surface area contributed by atoms with E-state index < -0.39 is 5.60 Å². The van der Waals surface area contributed by atoms with Gasteiger partial charge >= 0.3 is 0 Å². The fourth-order valence-corrected chi connectivity index (χ4v) is 3.73. The molecule has 2 nitrogen and oxygen atoms in total. The highest BCUT2D eigenvalue weighted by Gasteiger charge is 2.55. The van der Waals surface area contributed by atoms with Gasteiger partial charge in [0.2, 0.25) is 0 Å². The second-order valence-corrected chi connectivity index (χ2v) is 4.94. The molecule has 3 unspecified atom stereocenters. The number of aliphatic hydroxyl groups is 1. The second kappa shape index (κ2) is 1.92. The van der Waals surface area contributed by atoms with Crippen molar-refractivity contribution in [3.63, 3.8) is 0 Å². The molecule has 0 heterocycles. The monoisotopic (exact) mass is 166 g/mol. The first kappa shape index (κ1) is 7.07. The van der Waals surface area contributed by atoms with E-state index in [-0.39, 0.29) is 11.7 Å². The molecule has 0 aromatic rings. The molecule has 4 aliphatic carbocycles. The van der Waals surface area contributed by atoms with Gasteiger partial charge in [-0.05, 0) is 43.9 Å². The van der Waals surface area contributed by atoms with Gasteiger partial charge in [0.15, 0.2) is 5.78 Å². The first-order valence-electron chi connectivity index (χ1n) is 4.94. The van der Waals surface area contributed by atoms with Gasteiger partial charge in [-0.1, -0.05) is 0 Å². The van der Waals surface area contributed by atoms with Gasteiger partial charge in [-0.25, -0.2) is 0 Å². The SMILES string of the molecule is O=C1C2CC3C[C@@H](C2)CC1(O)C3. The summed E-state index contributed by atoms with van der Waals surface area (Å²) >= 11 is 0. The average Bonchev–Trinajstić information content (AvgIpc) is 1.98. The van der Waals surface area contributed by atoms with Crippen molar-refractivity contribution < 1.29 is 9.90 Å². The van der Waals surface area contributed by atoms with Crippen LogP contribution in [0.3, 0.4) is 0 Å². The molecule has 0 aromatic heterocycles. The molecule has 0 saturated heterocycles. The lowest BCUT2D eigenvalue weighted by atomic mass is 9.54. The topological polar surface area (TPSA) is 37.3 Å². The van der Waals surface area contributed by atoms with Gasteiger partial charge in [-0.3, -0.25) is 4.79 Å². The number of hydrogen-bond donors (Lipinski definition) is 1. The van der Waals surface area contributed by atoms with E-state index in [1.807, 2.05) is 0 Å². The summed E-state index contributed by atoms with van der Waals surface area (Å²) in [6.45, 7) is 0. The molecule has 4 rings (SSSR count). The lowest BCUT2D eigenvalue weighted by Crippen LogP contribution is -2.57. The highest BCUT2D eigenvalue weighted by molar-refractivity contribution is 5.91. The van der Waals surface area contributed by atoms with Gasteiger partial charge in [0, 0.05) is 5.92 Å². The Bertz CT molecular complexity index is 232. The molecule has 4 atom stereocenters. The Hall–Kier alpha value is -0.370. The van der Waals surface area contributed by atoms with E-state index >= 15 is 0 Å². The third-order valence-corrected chi connectivity index (χ3v) is 3.98. The molecule has 12 heavy (non-hydrogen) atoms. The number of ketones is 1. The van der Waals surface area contributed by atoms with Crippen LogP contribution in [0.1, 0.15) is 32.1 Å². The third-order valence-electron chi connectivity index (χ3n) is 3.98. The van der Waals surface area contributed by atoms with Crippen molar-refractivity contribution in [3.8, 4) is 0 Å². The Labute approximate surface area is 72.0 Å². The zero-order valence-corrected chi connectivity index (χ0v) is 7.12. The van der Waals surface area contributed by atoms with Gasteiger partial charge in [0.05, 0.1) is 0 Å². The standard InChI is InChI=1S/C10H14O2/c11-9-8-2-6-1-7(3-8)5-10(9,12)4-6/h6-8,12H,1-5H2/t6-,7?,8?,10?/m0/s1. The van der Waals surface area contributed by atoms with Crippen LogP contribution in [0.2, 0.25) is 0 Å². The second-order valence-electron chi connectivity index (χ2n) is 4.94. The molecule has 2 heteroatoms. The van der Waals surface area contributed by atoms with Gasteiger partial charge in [-0.15, -0.1) is 0 Å². The Morgan fingerprint density at radius 3 is 2.25 bits per heavy atom. The maximum Gasteiger partial charge on any atom is 0.167 e. The highest BCUT2D eigenvalue weighted by Crippen LogP contribution is 2.53. The molecule has 4 bridgehead atoms. The summed E-state index contributed by atoms with van der Waals surface area (Å²) in [5.74, 6) is 1.70. The number of Topliss-reactive ketones (excluding diaryl/α,β-unsaturated/α-hetero) is 1. The normalized spacial score (nSPS) is 56.4. The van der Waals surface area contributed by atoms with Crippen molar-refractivity contribution in [2.75, 3.05) is 0 Å². The fourth-order valence-electron chi connectivity index (χ4n) is 3.73. The molecule has 1 N–H and O–H groups in total. The highest BCUT2D eigenvalue weighted by atomic mass is 16.3. The average molecular weight is 166 g/mol. The minimum Gasteiger partial charge on any atom is -0.382 e. The van der Waals surface area contributed by atoms with Crippen LogP contribution < -0.4 is 0 Å². The first-order chi connectivity index (χ1) is 5.67. The van der Waals surface area contributed by atoms with E-state index in [1.54, 1.807) is 0 Å². The molecule has 4 fully saturated rings. The van der Waals surface area contributed by atoms with Crippen LogP contribution in [0.15, 0.2) is 0 Å². The van der Waals surface area contributed by atoms with E-state index in [1.165, 1.54) is 6.42 Å². The van der Waals surface area contributed by atoms with Gasteiger partial charge in [0.1, 0.15) is 5.60 Å². The quantitative estimate of drug-likeness (QED) is 0.585. The predicted molar refractivity (Wildman–Crippen MR) is 43.5 cm³/mol. The molecular weight excluding hydrogens is 152 g/mol. The van der Waals surface area contributed by atoms with Crippen molar-refractivity contribution in [3.05, 3.63) is 0 Å². The summed E-state index contributed by atoms with van der Waals surface area (Å²) in [4.78, 5) is 11.6. The summed E-state index contributed by atoms with van der Waals surface area (Å²) in [6.07, 6.45) is 4.93. The lowest BCUT2D eigenvalue weighted by molar-refractivity contribution is -0.168. The summed E-state index contributed by atoms with van der Waals surface area (Å²) < 4.78 is 0. The number of carbonyl (C=O) groups is 1. The van der Waals surface area contributed by atoms with Crippen LogP contribution in [0, 0.1) is 17.8 Å². The van der Waals surface area contributed by atoms with Crippen LogP contribution >= 0.6 is 0 Å². The van der Waals surface area contributed by atoms with Crippen LogP contribution in [0.5, 0.6) is 0 Å². The van der Waals surface area contributed by atoms with Crippen molar-refractivity contribution in [1.82, 2.24) is 0 Å². The van der Waals surface area contributed by atoms with Crippen molar-refractivity contribution >= 4 is 5.78 Å². The van der Waals surface area contributed by atoms with Crippen LogP contribution in [0.4, 0.5) is 0 Å². The van der Waals surface area contributed by atoms with Gasteiger partial charge in [-0.2, -0.15) is 0 Å². The molecule has 0 radical (unpaired) electrons. The van der Waals surface area contributed by atoms with Crippen LogP contribution in [-0.2, 0) is 4.79 Å². The predicted octanol–water partition coefficient (Wildman–Crippen LogP) is 1.13. The molecule has 0 spiro atoms. The summed E-state index contributed by atoms with van der Waals surface area (Å²) in [6, 6.07) is 0. The first-order valence-corrected chi connectivity index (χ1v) is 4.94. The Morgan fingerprint density at radius 1 is 1.17 bits per heavy atom. The minimum atomic E-state index is -0.880. The Morgan fingerprint density at radius 2 is 1.75 bits per heavy atom. The maximum absolute atomic E-state index is 11.6. The molecule has 66 valence electrons. The lowest BCUT2D eigenvalue weighted by Gasteiger charge is -2.52. The minimum absolute atomic E-state index is 0.162. The van der Waals surface area contributed by atoms with Crippen molar-refractivity contribution in [2.45, 2.75) is 37.7 Å².